The van der Waals surface area contributed by atoms with Crippen molar-refractivity contribution in [1.82, 2.24) is 0 Å². The monoisotopic (exact) mass is 346 g/mol. The van der Waals surface area contributed by atoms with Gasteiger partial charge in [-0.05, 0) is 18.1 Å². The van der Waals surface area contributed by atoms with Crippen molar-refractivity contribution >= 4 is 0 Å². The van der Waals surface area contributed by atoms with E-state index in [0.29, 0.717) is 0 Å². The molecule has 0 heterocycles. The smallest absolute Gasteiger partial charge is 0.205 e. The Hall–Kier alpha value is -2.62. The van der Waals surface area contributed by atoms with Crippen molar-refractivity contribution in [1.29, 1.82) is 0 Å². The third-order valence-corrected chi connectivity index (χ3v) is 3.56. The minimum atomic E-state index is -2.39. The van der Waals surface area contributed by atoms with Gasteiger partial charge in [0.25, 0.3) is 12.9 Å². The fourth-order valence-electron chi connectivity index (χ4n) is 2.26. The molecule has 0 unspecified atom stereocenters. The minimum absolute atomic E-state index is 0.0645. The van der Waals surface area contributed by atoms with Crippen molar-refractivity contribution in [3.05, 3.63) is 95.6 Å². The molecule has 25 heavy (non-hydrogen) atoms. The summed E-state index contributed by atoms with van der Waals surface area (Å²) >= 11 is 0. The van der Waals surface area contributed by atoms with Crippen LogP contribution in [0.15, 0.2) is 78.9 Å². The third-order valence-electron chi connectivity index (χ3n) is 3.56. The Bertz CT molecular complexity index is 765. The van der Waals surface area contributed by atoms with Gasteiger partial charge in [0.2, 0.25) is 0 Å². The first-order valence-electron chi connectivity index (χ1n) is 7.75. The maximum Gasteiger partial charge on any atom is 0.263 e. The highest BCUT2D eigenvalue weighted by Crippen LogP contribution is 2.23. The summed E-state index contributed by atoms with van der Waals surface area (Å²) in [5.41, 5.74) is 3.03. The molecule has 0 aromatic heterocycles. The fraction of sp³-hybridized carbons (Fsp3) is 0.143. The second-order valence-corrected chi connectivity index (χ2v) is 5.50. The van der Waals surface area contributed by atoms with Crippen LogP contribution in [0.25, 0.3) is 11.1 Å². The second-order valence-electron chi connectivity index (χ2n) is 5.50. The van der Waals surface area contributed by atoms with Gasteiger partial charge in [0.15, 0.2) is 0 Å². The predicted molar refractivity (Wildman–Crippen MR) is 93.0 cm³/mol. The van der Waals surface area contributed by atoms with Gasteiger partial charge in [-0.1, -0.05) is 84.4 Å². The van der Waals surface area contributed by atoms with E-state index in [-0.39, 0.29) is 11.1 Å². The molecule has 0 aliphatic carbocycles. The lowest BCUT2D eigenvalue weighted by atomic mass is 10.0. The number of aryl methyl sites for hydroxylation is 1. The molecule has 0 saturated heterocycles. The second kappa shape index (κ2) is 9.02. The average Bonchev–Trinajstić information content (AvgIpc) is 2.63. The zero-order valence-corrected chi connectivity index (χ0v) is 13.7. The van der Waals surface area contributed by atoms with E-state index in [1.54, 1.807) is 31.2 Å². The van der Waals surface area contributed by atoms with E-state index < -0.39 is 12.9 Å². The van der Waals surface area contributed by atoms with E-state index in [9.17, 15) is 17.6 Å². The maximum absolute atomic E-state index is 12.3. The van der Waals surface area contributed by atoms with Crippen molar-refractivity contribution in [2.45, 2.75) is 19.8 Å². The molecule has 0 aliphatic rings. The van der Waals surface area contributed by atoms with Gasteiger partial charge in [0.05, 0.1) is 0 Å². The lowest BCUT2D eigenvalue weighted by molar-refractivity contribution is 0.151. The number of halogens is 4. The number of benzene rings is 3. The Balaban J connectivity index is 0.000000196. The van der Waals surface area contributed by atoms with Gasteiger partial charge in [-0.15, -0.1) is 0 Å². The van der Waals surface area contributed by atoms with Crippen LogP contribution in [0.1, 0.15) is 29.5 Å². The summed E-state index contributed by atoms with van der Waals surface area (Å²) in [5, 5.41) is 0. The Labute approximate surface area is 144 Å². The maximum atomic E-state index is 12.3. The Kier molecular flexibility index (Phi) is 6.75. The van der Waals surface area contributed by atoms with Crippen LogP contribution in [0.5, 0.6) is 0 Å². The molecule has 0 saturated carbocycles. The van der Waals surface area contributed by atoms with Crippen LogP contribution in [0.3, 0.4) is 0 Å². The molecule has 0 aliphatic heterocycles. The SMILES string of the molecule is Cc1cccc(C(F)F)c1.FC(F)c1ccc(-c2ccccc2)cc1. The van der Waals surface area contributed by atoms with E-state index >= 15 is 0 Å². The van der Waals surface area contributed by atoms with Crippen LogP contribution in [-0.4, -0.2) is 0 Å². The van der Waals surface area contributed by atoms with E-state index in [1.807, 2.05) is 30.3 Å². The highest BCUT2D eigenvalue weighted by atomic mass is 19.3. The largest absolute Gasteiger partial charge is 0.263 e. The molecule has 4 heteroatoms. The molecule has 0 nitrogen and oxygen atoms in total. The van der Waals surface area contributed by atoms with Crippen LogP contribution in [0.2, 0.25) is 0 Å². The van der Waals surface area contributed by atoms with Crippen LogP contribution >= 0.6 is 0 Å². The minimum Gasteiger partial charge on any atom is -0.205 e. The molecule has 0 spiro atoms. The number of hydrogen-bond acceptors (Lipinski definition) is 0. The van der Waals surface area contributed by atoms with Gasteiger partial charge in [-0.25, -0.2) is 17.6 Å². The van der Waals surface area contributed by atoms with Gasteiger partial charge >= 0.3 is 0 Å². The zero-order valence-electron chi connectivity index (χ0n) is 13.7. The van der Waals surface area contributed by atoms with Crippen LogP contribution in [0.4, 0.5) is 17.6 Å². The summed E-state index contributed by atoms with van der Waals surface area (Å²) in [7, 11) is 0. The van der Waals surface area contributed by atoms with Gasteiger partial charge in [0.1, 0.15) is 0 Å². The van der Waals surface area contributed by atoms with Crippen LogP contribution in [-0.2, 0) is 0 Å². The molecule has 0 fully saturated rings. The summed E-state index contributed by atoms with van der Waals surface area (Å²) < 4.78 is 48.5. The highest BCUT2D eigenvalue weighted by Gasteiger charge is 2.06. The van der Waals surface area contributed by atoms with Crippen LogP contribution < -0.4 is 0 Å². The zero-order chi connectivity index (χ0) is 18.2. The summed E-state index contributed by atoms with van der Waals surface area (Å²) in [4.78, 5) is 0. The highest BCUT2D eigenvalue weighted by molar-refractivity contribution is 5.63. The molecule has 130 valence electrons. The van der Waals surface area contributed by atoms with E-state index in [0.717, 1.165) is 16.7 Å². The van der Waals surface area contributed by atoms with E-state index in [4.69, 9.17) is 0 Å². The van der Waals surface area contributed by atoms with Crippen LogP contribution in [0, 0.1) is 6.92 Å². The quantitative estimate of drug-likeness (QED) is 0.439. The lowest BCUT2D eigenvalue weighted by Gasteiger charge is -2.03. The van der Waals surface area contributed by atoms with Crippen molar-refractivity contribution in [2.24, 2.45) is 0 Å². The molecule has 3 aromatic rings. The van der Waals surface area contributed by atoms with E-state index in [2.05, 4.69) is 0 Å². The Morgan fingerprint density at radius 2 is 1.12 bits per heavy atom. The van der Waals surface area contributed by atoms with Gasteiger partial charge < -0.3 is 0 Å². The summed E-state index contributed by atoms with van der Waals surface area (Å²) in [6.45, 7) is 1.80. The lowest BCUT2D eigenvalue weighted by Crippen LogP contribution is -1.83. The standard InChI is InChI=1S/C13H10F2.C8H8F2/c14-13(15)12-8-6-11(7-9-12)10-4-2-1-3-5-10;1-6-3-2-4-7(5-6)8(9)10/h1-9,13H;2-5,8H,1H3. The van der Waals surface area contributed by atoms with Gasteiger partial charge in [0, 0.05) is 11.1 Å². The summed E-state index contributed by atoms with van der Waals surface area (Å²) in [6.07, 6.45) is -4.74. The van der Waals surface area contributed by atoms with Crippen molar-refractivity contribution < 1.29 is 17.6 Å². The van der Waals surface area contributed by atoms with E-state index in [1.165, 1.54) is 24.3 Å². The molecule has 0 bridgehead atoms. The topological polar surface area (TPSA) is 0 Å². The molecule has 3 rings (SSSR count). The molecule has 0 radical (unpaired) electrons. The first-order valence-corrected chi connectivity index (χ1v) is 7.75. The predicted octanol–water partition coefficient (Wildman–Crippen LogP) is 7.22. The average molecular weight is 346 g/mol. The molecule has 0 amide bonds. The number of rotatable bonds is 3. The molecule has 3 aromatic carbocycles. The molecular formula is C21H18F4. The first kappa shape index (κ1) is 18.7. The van der Waals surface area contributed by atoms with Gasteiger partial charge in [-0.3, -0.25) is 0 Å². The Morgan fingerprint density at radius 3 is 1.60 bits per heavy atom. The number of hydrogen-bond donors (Lipinski definition) is 0. The normalized spacial score (nSPS) is 10.5. The van der Waals surface area contributed by atoms with Crippen molar-refractivity contribution in [2.75, 3.05) is 0 Å². The molecule has 0 N–H and O–H groups in total. The first-order chi connectivity index (χ1) is 12.0. The molecule has 0 atom stereocenters. The Morgan fingerprint density at radius 1 is 0.560 bits per heavy atom. The number of alkyl halides is 4. The molecular weight excluding hydrogens is 328 g/mol. The fourth-order valence-corrected chi connectivity index (χ4v) is 2.26. The van der Waals surface area contributed by atoms with Gasteiger partial charge in [-0.2, -0.15) is 0 Å². The van der Waals surface area contributed by atoms with Crippen molar-refractivity contribution in [3.8, 4) is 11.1 Å². The van der Waals surface area contributed by atoms with Crippen molar-refractivity contribution in [3.63, 3.8) is 0 Å². The summed E-state index contributed by atoms with van der Waals surface area (Å²) in [6, 6.07) is 22.4. The third kappa shape index (κ3) is 5.75. The summed E-state index contributed by atoms with van der Waals surface area (Å²) in [5.74, 6) is 0.